The van der Waals surface area contributed by atoms with E-state index in [9.17, 15) is 4.39 Å². The van der Waals surface area contributed by atoms with Gasteiger partial charge in [0.2, 0.25) is 0 Å². The normalized spacial score (nSPS) is 15.9. The summed E-state index contributed by atoms with van der Waals surface area (Å²) in [5.74, 6) is 0.643. The maximum Gasteiger partial charge on any atom is 0.141 e. The molecule has 1 aliphatic carbocycles. The lowest BCUT2D eigenvalue weighted by Crippen LogP contribution is -2.41. The zero-order chi connectivity index (χ0) is 11.4. The summed E-state index contributed by atoms with van der Waals surface area (Å²) in [4.78, 5) is 6.48. The van der Waals surface area contributed by atoms with Crippen LogP contribution in [0.4, 0.5) is 10.2 Å². The Kier molecular flexibility index (Phi) is 4.16. The van der Waals surface area contributed by atoms with E-state index in [-0.39, 0.29) is 5.82 Å². The third kappa shape index (κ3) is 2.73. The summed E-state index contributed by atoms with van der Waals surface area (Å²) in [6.45, 7) is 0.995. The zero-order valence-corrected chi connectivity index (χ0v) is 10.8. The molecule has 0 unspecified atom stereocenters. The van der Waals surface area contributed by atoms with E-state index in [1.54, 1.807) is 6.07 Å². The number of pyridine rings is 1. The van der Waals surface area contributed by atoms with E-state index < -0.39 is 0 Å². The molecule has 1 aromatic heterocycles. The molecule has 1 aromatic rings. The van der Waals surface area contributed by atoms with Crippen molar-refractivity contribution in [3.8, 4) is 0 Å². The number of nitrogens with zero attached hydrogens (tertiary/aromatic N) is 2. The lowest BCUT2D eigenvalue weighted by atomic mass is 9.91. The van der Waals surface area contributed by atoms with Crippen molar-refractivity contribution in [1.29, 1.82) is 0 Å². The minimum absolute atomic E-state index is 0.266. The van der Waals surface area contributed by atoms with Gasteiger partial charge in [0.05, 0.1) is 6.20 Å². The number of halogens is 2. The van der Waals surface area contributed by atoms with Crippen LogP contribution in [-0.4, -0.2) is 22.9 Å². The average Bonchev–Trinajstić information content (AvgIpc) is 2.23. The topological polar surface area (TPSA) is 16.1 Å². The van der Waals surface area contributed by atoms with Crippen LogP contribution in [0.3, 0.4) is 0 Å². The first-order chi connectivity index (χ1) is 7.81. The molecule has 1 aliphatic rings. The van der Waals surface area contributed by atoms with Gasteiger partial charge in [-0.3, -0.25) is 0 Å². The largest absolute Gasteiger partial charge is 0.354 e. The highest BCUT2D eigenvalue weighted by molar-refractivity contribution is 9.09. The second-order valence-corrected chi connectivity index (χ2v) is 4.95. The summed E-state index contributed by atoms with van der Waals surface area (Å²) in [5, 5.41) is 0.997. The van der Waals surface area contributed by atoms with Gasteiger partial charge < -0.3 is 4.90 Å². The van der Waals surface area contributed by atoms with E-state index >= 15 is 0 Å². The number of hydrogen-bond donors (Lipinski definition) is 0. The second kappa shape index (κ2) is 5.62. The van der Waals surface area contributed by atoms with Gasteiger partial charge in [0, 0.05) is 17.9 Å². The number of hydrogen-bond acceptors (Lipinski definition) is 2. The molecule has 16 heavy (non-hydrogen) atoms. The van der Waals surface area contributed by atoms with Crippen molar-refractivity contribution in [3.05, 3.63) is 24.1 Å². The summed E-state index contributed by atoms with van der Waals surface area (Å²) in [6.07, 6.45) is 6.17. The van der Waals surface area contributed by atoms with Crippen LogP contribution in [0.5, 0.6) is 0 Å². The molecule has 0 aliphatic heterocycles. The van der Waals surface area contributed by atoms with Crippen LogP contribution in [0, 0.1) is 5.82 Å². The molecule has 1 heterocycles. The molecule has 0 atom stereocenters. The van der Waals surface area contributed by atoms with Crippen LogP contribution in [0.15, 0.2) is 18.3 Å². The minimum Gasteiger partial charge on any atom is -0.354 e. The third-order valence-electron chi connectivity index (χ3n) is 3.05. The van der Waals surface area contributed by atoms with Gasteiger partial charge in [-0.05, 0) is 37.8 Å². The van der Waals surface area contributed by atoms with Crippen molar-refractivity contribution < 1.29 is 4.39 Å². The van der Waals surface area contributed by atoms with Crippen molar-refractivity contribution >= 4 is 21.7 Å². The summed E-state index contributed by atoms with van der Waals surface area (Å²) in [7, 11) is 0. The van der Waals surface area contributed by atoms with E-state index in [0.717, 1.165) is 24.1 Å². The van der Waals surface area contributed by atoms with Gasteiger partial charge in [-0.25, -0.2) is 9.37 Å². The molecule has 0 saturated heterocycles. The quantitative estimate of drug-likeness (QED) is 0.772. The summed E-state index contributed by atoms with van der Waals surface area (Å²) < 4.78 is 12.8. The van der Waals surface area contributed by atoms with Gasteiger partial charge in [0.25, 0.3) is 0 Å². The van der Waals surface area contributed by atoms with Crippen molar-refractivity contribution in [2.75, 3.05) is 16.8 Å². The molecule has 0 amide bonds. The number of anilines is 1. The Morgan fingerprint density at radius 1 is 1.44 bits per heavy atom. The lowest BCUT2D eigenvalue weighted by Gasteiger charge is -2.38. The second-order valence-electron chi connectivity index (χ2n) is 4.16. The van der Waals surface area contributed by atoms with E-state index in [1.807, 2.05) is 0 Å². The molecular formula is C12H16BrFN2. The Bertz CT molecular complexity index is 324. The fourth-order valence-corrected chi connectivity index (χ4v) is 2.20. The molecule has 0 radical (unpaired) electrons. The van der Waals surface area contributed by atoms with E-state index in [4.69, 9.17) is 0 Å². The fourth-order valence-electron chi connectivity index (χ4n) is 1.95. The van der Waals surface area contributed by atoms with E-state index in [2.05, 4.69) is 25.8 Å². The van der Waals surface area contributed by atoms with Crippen molar-refractivity contribution in [2.24, 2.45) is 0 Å². The first kappa shape index (κ1) is 11.8. The van der Waals surface area contributed by atoms with Gasteiger partial charge in [0.15, 0.2) is 0 Å². The van der Waals surface area contributed by atoms with Gasteiger partial charge in [-0.1, -0.05) is 15.9 Å². The van der Waals surface area contributed by atoms with Crippen molar-refractivity contribution in [3.63, 3.8) is 0 Å². The highest BCUT2D eigenvalue weighted by atomic mass is 79.9. The van der Waals surface area contributed by atoms with Crippen LogP contribution in [0.25, 0.3) is 0 Å². The number of rotatable bonds is 5. The van der Waals surface area contributed by atoms with Crippen LogP contribution in [-0.2, 0) is 0 Å². The van der Waals surface area contributed by atoms with Gasteiger partial charge in [-0.15, -0.1) is 0 Å². The standard InChI is InChI=1S/C12H16BrFN2/c13-7-2-8-16(11-3-1-4-11)12-6-5-10(14)9-15-12/h5-6,9,11H,1-4,7-8H2. The molecule has 2 nitrogen and oxygen atoms in total. The lowest BCUT2D eigenvalue weighted by molar-refractivity contribution is 0.384. The molecule has 88 valence electrons. The Morgan fingerprint density at radius 2 is 2.25 bits per heavy atom. The maximum absolute atomic E-state index is 12.8. The van der Waals surface area contributed by atoms with Crippen molar-refractivity contribution in [1.82, 2.24) is 4.98 Å². The third-order valence-corrected chi connectivity index (χ3v) is 3.61. The predicted molar refractivity (Wildman–Crippen MR) is 67.6 cm³/mol. The molecule has 0 bridgehead atoms. The van der Waals surface area contributed by atoms with Crippen LogP contribution >= 0.6 is 15.9 Å². The average molecular weight is 287 g/mol. The Hall–Kier alpha value is -0.640. The Labute approximate surface area is 104 Å². The fraction of sp³-hybridized carbons (Fsp3) is 0.583. The predicted octanol–water partition coefficient (Wildman–Crippen LogP) is 3.36. The molecule has 4 heteroatoms. The summed E-state index contributed by atoms with van der Waals surface area (Å²) >= 11 is 3.44. The minimum atomic E-state index is -0.266. The highest BCUT2D eigenvalue weighted by Crippen LogP contribution is 2.28. The summed E-state index contributed by atoms with van der Waals surface area (Å²) in [6, 6.07) is 3.88. The molecule has 1 fully saturated rings. The number of aromatic nitrogens is 1. The first-order valence-electron chi connectivity index (χ1n) is 5.75. The Balaban J connectivity index is 2.07. The van der Waals surface area contributed by atoms with Crippen LogP contribution in [0.2, 0.25) is 0 Å². The maximum atomic E-state index is 12.8. The SMILES string of the molecule is Fc1ccc(N(CCCBr)C2CCC2)nc1. The number of alkyl halides is 1. The van der Waals surface area contributed by atoms with Crippen molar-refractivity contribution in [2.45, 2.75) is 31.7 Å². The summed E-state index contributed by atoms with van der Waals surface area (Å²) in [5.41, 5.74) is 0. The zero-order valence-electron chi connectivity index (χ0n) is 9.20. The Morgan fingerprint density at radius 3 is 2.75 bits per heavy atom. The molecule has 0 aromatic carbocycles. The van der Waals surface area contributed by atoms with Crippen LogP contribution in [0.1, 0.15) is 25.7 Å². The molecule has 1 saturated carbocycles. The molecule has 2 rings (SSSR count). The monoisotopic (exact) mass is 286 g/mol. The first-order valence-corrected chi connectivity index (χ1v) is 6.87. The smallest absolute Gasteiger partial charge is 0.141 e. The van der Waals surface area contributed by atoms with Crippen LogP contribution < -0.4 is 4.90 Å². The van der Waals surface area contributed by atoms with E-state index in [1.165, 1.54) is 31.5 Å². The van der Waals surface area contributed by atoms with Gasteiger partial charge >= 0.3 is 0 Å². The van der Waals surface area contributed by atoms with E-state index in [0.29, 0.717) is 6.04 Å². The highest BCUT2D eigenvalue weighted by Gasteiger charge is 2.25. The molecule has 0 N–H and O–H groups in total. The molecular weight excluding hydrogens is 271 g/mol. The molecule has 0 spiro atoms. The van der Waals surface area contributed by atoms with Gasteiger partial charge in [-0.2, -0.15) is 0 Å². The van der Waals surface area contributed by atoms with Gasteiger partial charge in [0.1, 0.15) is 11.6 Å².